The third-order valence-corrected chi connectivity index (χ3v) is 6.45. The van der Waals surface area contributed by atoms with Crippen LogP contribution in [-0.2, 0) is 25.7 Å². The minimum Gasteiger partial charge on any atom is -0.399 e. The molecule has 0 atom stereocenters. The van der Waals surface area contributed by atoms with Crippen LogP contribution < -0.4 is 11.5 Å². The Bertz CT molecular complexity index is 1030. The number of rotatable bonds is 9. The van der Waals surface area contributed by atoms with Gasteiger partial charge >= 0.3 is 0 Å². The van der Waals surface area contributed by atoms with E-state index in [1.54, 1.807) is 0 Å². The lowest BCUT2D eigenvalue weighted by molar-refractivity contribution is 0.504. The lowest BCUT2D eigenvalue weighted by Gasteiger charge is -2.16. The zero-order valence-electron chi connectivity index (χ0n) is 19.5. The van der Waals surface area contributed by atoms with Crippen molar-refractivity contribution in [1.29, 1.82) is 0 Å². The molecule has 0 saturated heterocycles. The first kappa shape index (κ1) is 22.7. The number of nitrogens with two attached hydrogens (primary N) is 2. The average molecular weight is 435 g/mol. The number of benzene rings is 4. The molecule has 2 heteroatoms. The van der Waals surface area contributed by atoms with Crippen LogP contribution in [0.1, 0.15) is 46.7 Å². The van der Waals surface area contributed by atoms with Gasteiger partial charge in [-0.25, -0.2) is 0 Å². The standard InChI is InChI=1S/C31H34N2/c1-2-23(19-24-3-7-26(8-4-24)21-28-11-15-30(32)16-12-28)20-25-5-9-27(10-6-25)22-29-13-17-31(33)18-14-29/h3-18,23H,2,19-22,32-33H2,1H3. The van der Waals surface area contributed by atoms with Gasteiger partial charge in [0.1, 0.15) is 0 Å². The predicted molar refractivity (Wildman–Crippen MR) is 141 cm³/mol. The van der Waals surface area contributed by atoms with Crippen molar-refractivity contribution >= 4 is 11.4 Å². The zero-order valence-corrected chi connectivity index (χ0v) is 19.5. The van der Waals surface area contributed by atoms with Crippen molar-refractivity contribution in [2.75, 3.05) is 11.5 Å². The minimum absolute atomic E-state index is 0.649. The van der Waals surface area contributed by atoms with Crippen molar-refractivity contribution in [1.82, 2.24) is 0 Å². The molecule has 168 valence electrons. The molecule has 0 spiro atoms. The third kappa shape index (κ3) is 6.73. The molecule has 0 saturated carbocycles. The van der Waals surface area contributed by atoms with E-state index in [0.29, 0.717) is 5.92 Å². The van der Waals surface area contributed by atoms with Crippen molar-refractivity contribution in [2.24, 2.45) is 5.92 Å². The van der Waals surface area contributed by atoms with Gasteiger partial charge < -0.3 is 11.5 Å². The Hall–Kier alpha value is -3.52. The van der Waals surface area contributed by atoms with Crippen LogP contribution in [-0.4, -0.2) is 0 Å². The highest BCUT2D eigenvalue weighted by Crippen LogP contribution is 2.21. The quantitative estimate of drug-likeness (QED) is 0.283. The molecular formula is C31H34N2. The summed E-state index contributed by atoms with van der Waals surface area (Å²) in [6.07, 6.45) is 5.30. The summed E-state index contributed by atoms with van der Waals surface area (Å²) in [5.41, 5.74) is 21.3. The van der Waals surface area contributed by atoms with E-state index in [2.05, 4.69) is 79.7 Å². The van der Waals surface area contributed by atoms with Gasteiger partial charge in [0.25, 0.3) is 0 Å². The van der Waals surface area contributed by atoms with Gasteiger partial charge in [0.05, 0.1) is 0 Å². The summed E-state index contributed by atoms with van der Waals surface area (Å²) in [4.78, 5) is 0. The fourth-order valence-electron chi connectivity index (χ4n) is 4.36. The fourth-order valence-corrected chi connectivity index (χ4v) is 4.36. The molecular weight excluding hydrogens is 400 g/mol. The van der Waals surface area contributed by atoms with Gasteiger partial charge in [0.2, 0.25) is 0 Å². The smallest absolute Gasteiger partial charge is 0.0314 e. The van der Waals surface area contributed by atoms with E-state index in [1.165, 1.54) is 39.8 Å². The average Bonchev–Trinajstić information content (AvgIpc) is 2.84. The van der Waals surface area contributed by atoms with E-state index in [-0.39, 0.29) is 0 Å². The highest BCUT2D eigenvalue weighted by Gasteiger charge is 2.10. The number of nitrogen functional groups attached to an aromatic ring is 2. The van der Waals surface area contributed by atoms with E-state index < -0.39 is 0 Å². The normalized spacial score (nSPS) is 11.1. The molecule has 2 nitrogen and oxygen atoms in total. The molecule has 0 aliphatic heterocycles. The summed E-state index contributed by atoms with van der Waals surface area (Å²) in [5, 5.41) is 0. The molecule has 4 aromatic rings. The summed E-state index contributed by atoms with van der Waals surface area (Å²) in [6.45, 7) is 2.30. The van der Waals surface area contributed by atoms with Crippen LogP contribution in [0.3, 0.4) is 0 Å². The molecule has 33 heavy (non-hydrogen) atoms. The van der Waals surface area contributed by atoms with Crippen molar-refractivity contribution in [2.45, 2.75) is 39.0 Å². The predicted octanol–water partition coefficient (Wildman–Crippen LogP) is 6.84. The SMILES string of the molecule is CCC(Cc1ccc(Cc2ccc(N)cc2)cc1)Cc1ccc(Cc2ccc(N)cc2)cc1. The van der Waals surface area contributed by atoms with Crippen LogP contribution in [0.25, 0.3) is 0 Å². The lowest BCUT2D eigenvalue weighted by Crippen LogP contribution is -2.07. The van der Waals surface area contributed by atoms with Crippen molar-refractivity contribution < 1.29 is 0 Å². The second-order valence-corrected chi connectivity index (χ2v) is 9.15. The highest BCUT2D eigenvalue weighted by atomic mass is 14.5. The van der Waals surface area contributed by atoms with Gasteiger partial charge in [0.15, 0.2) is 0 Å². The molecule has 0 aliphatic rings. The van der Waals surface area contributed by atoms with Crippen molar-refractivity contribution in [3.05, 3.63) is 130 Å². The Kier molecular flexibility index (Phi) is 7.47. The molecule has 0 aromatic heterocycles. The van der Waals surface area contributed by atoms with Crippen LogP contribution in [0.4, 0.5) is 11.4 Å². The van der Waals surface area contributed by atoms with E-state index in [1.807, 2.05) is 24.3 Å². The molecule has 0 radical (unpaired) electrons. The second-order valence-electron chi connectivity index (χ2n) is 9.15. The maximum Gasteiger partial charge on any atom is 0.0314 e. The monoisotopic (exact) mass is 434 g/mol. The summed E-state index contributed by atoms with van der Waals surface area (Å²) < 4.78 is 0. The van der Waals surface area contributed by atoms with Gasteiger partial charge in [-0.1, -0.05) is 86.1 Å². The maximum absolute atomic E-state index is 5.79. The Morgan fingerprint density at radius 2 is 0.727 bits per heavy atom. The second kappa shape index (κ2) is 10.9. The summed E-state index contributed by atoms with van der Waals surface area (Å²) >= 11 is 0. The van der Waals surface area contributed by atoms with Gasteiger partial charge in [-0.3, -0.25) is 0 Å². The molecule has 4 aromatic carbocycles. The Morgan fingerprint density at radius 1 is 0.455 bits per heavy atom. The number of hydrogen-bond donors (Lipinski definition) is 2. The number of anilines is 2. The van der Waals surface area contributed by atoms with Gasteiger partial charge in [-0.2, -0.15) is 0 Å². The van der Waals surface area contributed by atoms with E-state index in [4.69, 9.17) is 11.5 Å². The molecule has 0 amide bonds. The highest BCUT2D eigenvalue weighted by molar-refractivity contribution is 5.42. The van der Waals surface area contributed by atoms with Crippen LogP contribution in [0.15, 0.2) is 97.1 Å². The summed E-state index contributed by atoms with van der Waals surface area (Å²) in [7, 11) is 0. The van der Waals surface area contributed by atoms with Gasteiger partial charge in [-0.05, 0) is 89.2 Å². The van der Waals surface area contributed by atoms with Crippen LogP contribution in [0, 0.1) is 5.92 Å². The zero-order chi connectivity index (χ0) is 23.0. The van der Waals surface area contributed by atoms with Crippen molar-refractivity contribution in [3.8, 4) is 0 Å². The molecule has 0 unspecified atom stereocenters. The largest absolute Gasteiger partial charge is 0.399 e. The summed E-state index contributed by atoms with van der Waals surface area (Å²) in [5.74, 6) is 0.649. The Balaban J connectivity index is 1.32. The third-order valence-electron chi connectivity index (χ3n) is 6.45. The first-order valence-electron chi connectivity index (χ1n) is 11.9. The molecule has 0 bridgehead atoms. The maximum atomic E-state index is 5.79. The van der Waals surface area contributed by atoms with Gasteiger partial charge in [-0.15, -0.1) is 0 Å². The first-order chi connectivity index (χ1) is 16.1. The topological polar surface area (TPSA) is 52.0 Å². The lowest BCUT2D eigenvalue weighted by atomic mass is 9.89. The van der Waals surface area contributed by atoms with E-state index >= 15 is 0 Å². The van der Waals surface area contributed by atoms with Crippen LogP contribution >= 0.6 is 0 Å². The molecule has 0 aliphatic carbocycles. The Morgan fingerprint density at radius 3 is 1.03 bits per heavy atom. The molecule has 4 rings (SSSR count). The van der Waals surface area contributed by atoms with E-state index in [0.717, 1.165) is 37.1 Å². The summed E-state index contributed by atoms with van der Waals surface area (Å²) in [6, 6.07) is 34.6. The molecule has 4 N–H and O–H groups in total. The Labute approximate surface area is 198 Å². The molecule has 0 heterocycles. The fraction of sp³-hybridized carbons (Fsp3) is 0.226. The molecule has 0 fully saturated rings. The van der Waals surface area contributed by atoms with Crippen LogP contribution in [0.2, 0.25) is 0 Å². The minimum atomic E-state index is 0.649. The van der Waals surface area contributed by atoms with Crippen molar-refractivity contribution in [3.63, 3.8) is 0 Å². The number of hydrogen-bond acceptors (Lipinski definition) is 2. The van der Waals surface area contributed by atoms with E-state index in [9.17, 15) is 0 Å². The first-order valence-corrected chi connectivity index (χ1v) is 11.9. The van der Waals surface area contributed by atoms with Gasteiger partial charge in [0, 0.05) is 11.4 Å². The van der Waals surface area contributed by atoms with Crippen LogP contribution in [0.5, 0.6) is 0 Å².